The predicted molar refractivity (Wildman–Crippen MR) is 90.0 cm³/mol. The summed E-state index contributed by atoms with van der Waals surface area (Å²) in [6.07, 6.45) is 9.84. The van der Waals surface area contributed by atoms with Crippen molar-refractivity contribution in [2.75, 3.05) is 18.3 Å². The van der Waals surface area contributed by atoms with Gasteiger partial charge in [-0.05, 0) is 19.1 Å². The number of aromatic nitrogens is 1. The van der Waals surface area contributed by atoms with E-state index in [0.29, 0.717) is 17.7 Å². The predicted octanol–water partition coefficient (Wildman–Crippen LogP) is 3.74. The lowest BCUT2D eigenvalue weighted by Crippen LogP contribution is -2.14. The van der Waals surface area contributed by atoms with Crippen LogP contribution in [0.5, 0.6) is 0 Å². The largest absolute Gasteiger partial charge is 0.465 e. The zero-order valence-corrected chi connectivity index (χ0v) is 14.5. The van der Waals surface area contributed by atoms with Crippen LogP contribution >= 0.6 is 11.8 Å². The van der Waals surface area contributed by atoms with Gasteiger partial charge in [0.15, 0.2) is 0 Å². The number of amides is 1. The number of carbonyl (C=O) groups is 2. The fourth-order valence-corrected chi connectivity index (χ4v) is 3.42. The Morgan fingerprint density at radius 3 is 2.64 bits per heavy atom. The normalized spacial score (nSPS) is 10.5. The van der Waals surface area contributed by atoms with Gasteiger partial charge < -0.3 is 4.74 Å². The van der Waals surface area contributed by atoms with Crippen LogP contribution in [0.1, 0.15) is 61.5 Å². The van der Waals surface area contributed by atoms with Crippen LogP contribution in [0.2, 0.25) is 0 Å². The monoisotopic (exact) mass is 326 g/mol. The Morgan fingerprint density at radius 1 is 1.32 bits per heavy atom. The molecule has 22 heavy (non-hydrogen) atoms. The number of methoxy groups -OCH3 is 1. The van der Waals surface area contributed by atoms with E-state index in [9.17, 15) is 9.59 Å². The van der Waals surface area contributed by atoms with Gasteiger partial charge in [-0.2, -0.15) is 0 Å². The number of hydrogen-bond donors (Lipinski definition) is 1. The molecule has 0 atom stereocenters. The second-order valence-corrected chi connectivity index (χ2v) is 6.32. The van der Waals surface area contributed by atoms with Crippen molar-refractivity contribution in [2.45, 2.75) is 57.3 Å². The quantitative estimate of drug-likeness (QED) is 0.291. The lowest BCUT2D eigenvalue weighted by molar-refractivity contribution is -0.106. The molecular formula is C16H26N2O3S. The van der Waals surface area contributed by atoms with Gasteiger partial charge in [0.2, 0.25) is 6.41 Å². The summed E-state index contributed by atoms with van der Waals surface area (Å²) in [6, 6.07) is 0. The number of nitrogens with zero attached hydrogens (tertiary/aromatic N) is 1. The zero-order chi connectivity index (χ0) is 16.4. The molecule has 1 heterocycles. The molecule has 0 radical (unpaired) electrons. The fourth-order valence-electron chi connectivity index (χ4n) is 2.29. The molecule has 1 aromatic rings. The molecule has 5 nitrogen and oxygen atoms in total. The first-order valence-electron chi connectivity index (χ1n) is 7.78. The van der Waals surface area contributed by atoms with Crippen molar-refractivity contribution in [2.24, 2.45) is 0 Å². The molecule has 0 bridgehead atoms. The van der Waals surface area contributed by atoms with E-state index in [1.807, 2.05) is 0 Å². The SMILES string of the molecule is CCCCCCCCSc1cn(NC=O)c(C)c1C(=O)OC. The number of nitrogens with one attached hydrogen (secondary N) is 1. The highest BCUT2D eigenvalue weighted by Gasteiger charge is 2.20. The van der Waals surface area contributed by atoms with Crippen molar-refractivity contribution < 1.29 is 14.3 Å². The number of thioether (sulfide) groups is 1. The highest BCUT2D eigenvalue weighted by Crippen LogP contribution is 2.28. The van der Waals surface area contributed by atoms with Crippen molar-refractivity contribution in [1.82, 2.24) is 4.68 Å². The molecule has 0 spiro atoms. The molecule has 0 saturated heterocycles. The number of carbonyl (C=O) groups excluding carboxylic acids is 2. The topological polar surface area (TPSA) is 60.3 Å². The minimum absolute atomic E-state index is 0.366. The molecule has 6 heteroatoms. The van der Waals surface area contributed by atoms with E-state index >= 15 is 0 Å². The third kappa shape index (κ3) is 5.40. The van der Waals surface area contributed by atoms with Crippen molar-refractivity contribution in [3.8, 4) is 0 Å². The summed E-state index contributed by atoms with van der Waals surface area (Å²) in [5, 5.41) is 0. The summed E-state index contributed by atoms with van der Waals surface area (Å²) in [5.41, 5.74) is 3.77. The van der Waals surface area contributed by atoms with E-state index < -0.39 is 0 Å². The second kappa shape index (κ2) is 10.3. The first-order valence-corrected chi connectivity index (χ1v) is 8.77. The molecule has 1 N–H and O–H groups in total. The lowest BCUT2D eigenvalue weighted by Gasteiger charge is -2.04. The molecule has 1 aromatic heterocycles. The number of rotatable bonds is 11. The number of esters is 1. The zero-order valence-electron chi connectivity index (χ0n) is 13.7. The van der Waals surface area contributed by atoms with E-state index in [-0.39, 0.29) is 5.97 Å². The Hall–Kier alpha value is -1.43. The van der Waals surface area contributed by atoms with Gasteiger partial charge in [-0.15, -0.1) is 11.8 Å². The van der Waals surface area contributed by atoms with E-state index in [1.54, 1.807) is 29.6 Å². The molecule has 124 valence electrons. The van der Waals surface area contributed by atoms with Gasteiger partial charge >= 0.3 is 5.97 Å². The minimum atomic E-state index is -0.366. The van der Waals surface area contributed by atoms with Crippen LogP contribution in [0.15, 0.2) is 11.1 Å². The molecule has 1 amide bonds. The summed E-state index contributed by atoms with van der Waals surface area (Å²) in [4.78, 5) is 23.4. The summed E-state index contributed by atoms with van der Waals surface area (Å²) < 4.78 is 6.40. The van der Waals surface area contributed by atoms with Crippen molar-refractivity contribution in [3.05, 3.63) is 17.5 Å². The van der Waals surface area contributed by atoms with Crippen LogP contribution in [0.4, 0.5) is 0 Å². The van der Waals surface area contributed by atoms with Gasteiger partial charge in [-0.25, -0.2) is 4.79 Å². The fraction of sp³-hybridized carbons (Fsp3) is 0.625. The highest BCUT2D eigenvalue weighted by molar-refractivity contribution is 7.99. The molecule has 0 aromatic carbocycles. The smallest absolute Gasteiger partial charge is 0.340 e. The second-order valence-electron chi connectivity index (χ2n) is 5.18. The van der Waals surface area contributed by atoms with Crippen LogP contribution in [-0.4, -0.2) is 29.9 Å². The Morgan fingerprint density at radius 2 is 2.00 bits per heavy atom. The Balaban J connectivity index is 2.59. The van der Waals surface area contributed by atoms with Gasteiger partial charge in [-0.3, -0.25) is 14.9 Å². The minimum Gasteiger partial charge on any atom is -0.465 e. The number of hydrogen-bond acceptors (Lipinski definition) is 4. The van der Waals surface area contributed by atoms with Gasteiger partial charge in [0.25, 0.3) is 0 Å². The average Bonchev–Trinajstić information content (AvgIpc) is 2.82. The van der Waals surface area contributed by atoms with Gasteiger partial charge in [-0.1, -0.05) is 39.0 Å². The molecule has 0 aliphatic rings. The summed E-state index contributed by atoms with van der Waals surface area (Å²) >= 11 is 1.64. The average molecular weight is 326 g/mol. The van der Waals surface area contributed by atoms with E-state index in [4.69, 9.17) is 4.74 Å². The first-order chi connectivity index (χ1) is 10.7. The molecule has 0 fully saturated rings. The summed E-state index contributed by atoms with van der Waals surface area (Å²) in [6.45, 7) is 4.00. The Kier molecular flexibility index (Phi) is 8.74. The first kappa shape index (κ1) is 18.6. The Labute approximate surface area is 136 Å². The molecular weight excluding hydrogens is 300 g/mol. The van der Waals surface area contributed by atoms with E-state index in [1.165, 1.54) is 39.2 Å². The number of ether oxygens (including phenoxy) is 1. The lowest BCUT2D eigenvalue weighted by atomic mass is 10.1. The van der Waals surface area contributed by atoms with Crippen LogP contribution < -0.4 is 5.43 Å². The van der Waals surface area contributed by atoms with Crippen molar-refractivity contribution in [1.29, 1.82) is 0 Å². The third-order valence-electron chi connectivity index (χ3n) is 3.55. The van der Waals surface area contributed by atoms with Crippen LogP contribution in [-0.2, 0) is 9.53 Å². The van der Waals surface area contributed by atoms with Crippen LogP contribution in [0.25, 0.3) is 0 Å². The molecule has 0 saturated carbocycles. The highest BCUT2D eigenvalue weighted by atomic mass is 32.2. The maximum absolute atomic E-state index is 11.9. The number of unbranched alkanes of at least 4 members (excludes halogenated alkanes) is 5. The summed E-state index contributed by atoms with van der Waals surface area (Å²) in [7, 11) is 1.37. The van der Waals surface area contributed by atoms with Crippen LogP contribution in [0.3, 0.4) is 0 Å². The molecule has 0 aliphatic carbocycles. The van der Waals surface area contributed by atoms with Crippen molar-refractivity contribution >= 4 is 24.1 Å². The molecule has 0 aliphatic heterocycles. The molecule has 1 rings (SSSR count). The van der Waals surface area contributed by atoms with Gasteiger partial charge in [0, 0.05) is 11.1 Å². The standard InChI is InChI=1S/C16H26N2O3S/c1-4-5-6-7-8-9-10-22-14-11-18(17-12-19)13(2)15(14)16(20)21-3/h11-12H,4-10H2,1-3H3,(H,17,19). The van der Waals surface area contributed by atoms with E-state index in [2.05, 4.69) is 12.3 Å². The van der Waals surface area contributed by atoms with Crippen molar-refractivity contribution in [3.63, 3.8) is 0 Å². The van der Waals surface area contributed by atoms with Crippen LogP contribution in [0, 0.1) is 6.92 Å². The maximum atomic E-state index is 11.9. The molecule has 0 unspecified atom stereocenters. The third-order valence-corrected chi connectivity index (χ3v) is 4.67. The summed E-state index contributed by atoms with van der Waals surface area (Å²) in [5.74, 6) is 0.593. The van der Waals surface area contributed by atoms with E-state index in [0.717, 1.165) is 17.1 Å². The maximum Gasteiger partial charge on any atom is 0.340 e. The van der Waals surface area contributed by atoms with Gasteiger partial charge in [0.1, 0.15) is 0 Å². The Bertz CT molecular complexity index is 486. The van der Waals surface area contributed by atoms with Gasteiger partial charge in [0.05, 0.1) is 18.4 Å².